The monoisotopic (exact) mass is 463 g/mol. The average Bonchev–Trinajstić information content (AvgIpc) is 3.30. The molecule has 9 nitrogen and oxygen atoms in total. The van der Waals surface area contributed by atoms with Gasteiger partial charge in [0.1, 0.15) is 0 Å². The summed E-state index contributed by atoms with van der Waals surface area (Å²) in [4.78, 5) is 29.8. The van der Waals surface area contributed by atoms with Gasteiger partial charge in [0, 0.05) is 37.7 Å². The van der Waals surface area contributed by atoms with Crippen LogP contribution in [0.3, 0.4) is 0 Å². The minimum absolute atomic E-state index is 0.0954. The fourth-order valence-electron chi connectivity index (χ4n) is 3.24. The largest absolute Gasteiger partial charge is 0.370 e. The number of hydrogen-bond donors (Lipinski definition) is 4. The van der Waals surface area contributed by atoms with Crippen LogP contribution in [0.15, 0.2) is 72.4 Å². The Bertz CT molecular complexity index is 1040. The molecule has 3 amide bonds. The number of nitrogens with two attached hydrogens (primary N) is 2. The molecule has 6 N–H and O–H groups in total. The lowest BCUT2D eigenvalue weighted by molar-refractivity contribution is -0.123. The summed E-state index contributed by atoms with van der Waals surface area (Å²) in [5, 5.41) is 5.49. The highest BCUT2D eigenvalue weighted by Gasteiger charge is 2.17. The smallest absolute Gasteiger partial charge is 0.316 e. The first-order valence-corrected chi connectivity index (χ1v) is 10.8. The van der Waals surface area contributed by atoms with Gasteiger partial charge in [0.25, 0.3) is 0 Å². The molecule has 0 saturated carbocycles. The van der Waals surface area contributed by atoms with Crippen molar-refractivity contribution in [3.05, 3.63) is 78.5 Å². The van der Waals surface area contributed by atoms with Gasteiger partial charge < -0.3 is 31.9 Å². The van der Waals surface area contributed by atoms with Crippen LogP contribution in [0.5, 0.6) is 0 Å². The van der Waals surface area contributed by atoms with Gasteiger partial charge >= 0.3 is 6.03 Å². The van der Waals surface area contributed by atoms with Crippen molar-refractivity contribution in [2.24, 2.45) is 16.5 Å². The van der Waals surface area contributed by atoms with Crippen molar-refractivity contribution < 1.29 is 9.59 Å². The number of carbonyl (C=O) groups excluding carboxylic acids is 2. The Morgan fingerprint density at radius 3 is 2.18 bits per heavy atom. The van der Waals surface area contributed by atoms with Crippen LogP contribution < -0.4 is 22.1 Å². The Labute approximate surface area is 200 Å². The number of guanidine groups is 1. The molecule has 0 bridgehead atoms. The van der Waals surface area contributed by atoms with Crippen molar-refractivity contribution in [1.82, 2.24) is 9.80 Å². The summed E-state index contributed by atoms with van der Waals surface area (Å²) in [7, 11) is 5.75. The van der Waals surface area contributed by atoms with Gasteiger partial charge in [0.05, 0.1) is 0 Å². The highest BCUT2D eigenvalue weighted by molar-refractivity contribution is 5.92. The zero-order valence-corrected chi connectivity index (χ0v) is 19.9. The van der Waals surface area contributed by atoms with Crippen molar-refractivity contribution in [2.75, 3.05) is 38.3 Å². The molecule has 2 aromatic rings. The third kappa shape index (κ3) is 8.44. The van der Waals surface area contributed by atoms with Crippen LogP contribution in [0.1, 0.15) is 17.5 Å². The average molecular weight is 464 g/mol. The Morgan fingerprint density at radius 2 is 1.65 bits per heavy atom. The molecule has 34 heavy (non-hydrogen) atoms. The molecule has 0 spiro atoms. The van der Waals surface area contributed by atoms with Gasteiger partial charge in [0.15, 0.2) is 5.96 Å². The summed E-state index contributed by atoms with van der Waals surface area (Å²) in [6.07, 6.45) is 3.95. The first-order chi connectivity index (χ1) is 16.2. The lowest BCUT2D eigenvalue weighted by atomic mass is 10.1. The molecule has 0 radical (unpaired) electrons. The molecule has 0 atom stereocenters. The van der Waals surface area contributed by atoms with E-state index in [0.717, 1.165) is 29.8 Å². The van der Waals surface area contributed by atoms with Crippen molar-refractivity contribution in [3.63, 3.8) is 0 Å². The summed E-state index contributed by atoms with van der Waals surface area (Å²) < 4.78 is 0. The Morgan fingerprint density at radius 1 is 1.06 bits per heavy atom. The maximum absolute atomic E-state index is 11.5. The van der Waals surface area contributed by atoms with Crippen molar-refractivity contribution >= 4 is 34.8 Å². The van der Waals surface area contributed by atoms with Crippen molar-refractivity contribution in [2.45, 2.75) is 13.0 Å². The van der Waals surface area contributed by atoms with Crippen LogP contribution in [0.4, 0.5) is 16.2 Å². The predicted molar refractivity (Wildman–Crippen MR) is 139 cm³/mol. The molecule has 1 aliphatic heterocycles. The molecule has 1 heterocycles. The van der Waals surface area contributed by atoms with Crippen LogP contribution in [-0.4, -0.2) is 55.4 Å². The Hall–Kier alpha value is -4.11. The second kappa shape index (κ2) is 12.8. The molecule has 0 fully saturated rings. The fraction of sp³-hybridized carbons (Fsp3) is 0.240. The van der Waals surface area contributed by atoms with Crippen LogP contribution in [0.25, 0.3) is 5.57 Å². The summed E-state index contributed by atoms with van der Waals surface area (Å²) >= 11 is 0. The minimum atomic E-state index is -0.587. The van der Waals surface area contributed by atoms with E-state index in [1.165, 1.54) is 11.6 Å². The molecule has 2 aromatic carbocycles. The molecule has 0 saturated heterocycles. The first-order valence-electron chi connectivity index (χ1n) is 10.8. The standard InChI is InChI=1S/C14H15N3O2.C11H18N4/c1-2-13(18)17-8-7-11(9-17)10-3-5-12(6-4-10)16-14(15)19;1-13-11(12)14-10-6-4-9(5-7-10)8-15(2)3/h2-6,9H,1,7-8H2,(H3,15,16,19);4-7H,8H2,1-3H3,(H3,12,13,14). The van der Waals surface area contributed by atoms with Crippen molar-refractivity contribution in [1.29, 1.82) is 0 Å². The molecule has 1 aliphatic rings. The van der Waals surface area contributed by atoms with Crippen LogP contribution in [0, 0.1) is 0 Å². The number of rotatable bonds is 6. The number of urea groups is 1. The normalized spacial score (nSPS) is 13.0. The third-order valence-corrected chi connectivity index (χ3v) is 4.88. The number of aliphatic imine (C=N–C) groups is 1. The number of primary amides is 1. The topological polar surface area (TPSA) is 129 Å². The van der Waals surface area contributed by atoms with E-state index in [-0.39, 0.29) is 5.91 Å². The minimum Gasteiger partial charge on any atom is -0.370 e. The van der Waals surface area contributed by atoms with E-state index in [9.17, 15) is 9.59 Å². The SMILES string of the molecule is C=CC(=O)N1C=C(c2ccc(NC(N)=O)cc2)CC1.CN=C(N)Nc1ccc(CN(C)C)cc1. The fourth-order valence-corrected chi connectivity index (χ4v) is 3.24. The Balaban J connectivity index is 0.000000248. The van der Waals surface area contributed by atoms with E-state index in [1.807, 2.05) is 44.6 Å². The maximum atomic E-state index is 11.5. The molecule has 0 aliphatic carbocycles. The molecule has 3 rings (SSSR count). The van der Waals surface area contributed by atoms with E-state index >= 15 is 0 Å². The van der Waals surface area contributed by atoms with Gasteiger partial charge in [0.2, 0.25) is 5.91 Å². The number of amides is 3. The van der Waals surface area contributed by atoms with E-state index in [0.29, 0.717) is 18.2 Å². The number of carbonyl (C=O) groups is 2. The lowest BCUT2D eigenvalue weighted by Crippen LogP contribution is -2.21. The zero-order chi connectivity index (χ0) is 25.1. The number of nitrogens with zero attached hydrogens (tertiary/aromatic N) is 3. The summed E-state index contributed by atoms with van der Waals surface area (Å²) in [5.41, 5.74) is 15.6. The van der Waals surface area contributed by atoms with Gasteiger partial charge in [-0.2, -0.15) is 0 Å². The molecule has 9 heteroatoms. The lowest BCUT2D eigenvalue weighted by Gasteiger charge is -2.10. The highest BCUT2D eigenvalue weighted by Crippen LogP contribution is 2.26. The summed E-state index contributed by atoms with van der Waals surface area (Å²) in [6.45, 7) is 5.08. The number of hydrogen-bond acceptors (Lipinski definition) is 4. The van der Waals surface area contributed by atoms with E-state index in [2.05, 4.69) is 39.2 Å². The maximum Gasteiger partial charge on any atom is 0.316 e. The van der Waals surface area contributed by atoms with Crippen LogP contribution >= 0.6 is 0 Å². The van der Waals surface area contributed by atoms with E-state index in [4.69, 9.17) is 11.5 Å². The van der Waals surface area contributed by atoms with Gasteiger partial charge in [-0.25, -0.2) is 4.79 Å². The van der Waals surface area contributed by atoms with E-state index in [1.54, 1.807) is 24.1 Å². The van der Waals surface area contributed by atoms with Gasteiger partial charge in [-0.1, -0.05) is 30.8 Å². The van der Waals surface area contributed by atoms with Gasteiger partial charge in [-0.3, -0.25) is 9.79 Å². The van der Waals surface area contributed by atoms with Crippen LogP contribution in [-0.2, 0) is 11.3 Å². The highest BCUT2D eigenvalue weighted by atomic mass is 16.2. The second-order valence-electron chi connectivity index (χ2n) is 7.88. The molecule has 0 unspecified atom stereocenters. The summed E-state index contributed by atoms with van der Waals surface area (Å²) in [6, 6.07) is 14.9. The second-order valence-corrected chi connectivity index (χ2v) is 7.88. The predicted octanol–water partition coefficient (Wildman–Crippen LogP) is 3.04. The quantitative estimate of drug-likeness (QED) is 0.297. The van der Waals surface area contributed by atoms with E-state index < -0.39 is 6.03 Å². The first kappa shape index (κ1) is 26.1. The number of nitrogens with one attached hydrogen (secondary N) is 2. The zero-order valence-electron chi connectivity index (χ0n) is 19.9. The summed E-state index contributed by atoms with van der Waals surface area (Å²) in [5.74, 6) is 0.331. The molecule has 180 valence electrons. The molecular formula is C25H33N7O2. The van der Waals surface area contributed by atoms with Crippen molar-refractivity contribution in [3.8, 4) is 0 Å². The van der Waals surface area contributed by atoms with Crippen LogP contribution in [0.2, 0.25) is 0 Å². The molecular weight excluding hydrogens is 430 g/mol. The molecule has 0 aromatic heterocycles. The van der Waals surface area contributed by atoms with Gasteiger partial charge in [-0.15, -0.1) is 0 Å². The third-order valence-electron chi connectivity index (χ3n) is 4.88. The van der Waals surface area contributed by atoms with Gasteiger partial charge in [-0.05, 0) is 67.6 Å². The number of benzene rings is 2. The number of anilines is 2. The Kier molecular flexibility index (Phi) is 9.85.